The largest absolute Gasteiger partial charge is 0.338 e. The molecule has 2 fully saturated rings. The van der Waals surface area contributed by atoms with Crippen LogP contribution in [0.2, 0.25) is 0 Å². The predicted octanol–water partition coefficient (Wildman–Crippen LogP) is 1.88. The fourth-order valence-electron chi connectivity index (χ4n) is 3.39. The van der Waals surface area contributed by atoms with Crippen LogP contribution in [0.4, 0.5) is 10.5 Å². The number of nitrogens with one attached hydrogen (secondary N) is 2. The molecule has 0 atom stereocenters. The van der Waals surface area contributed by atoms with E-state index in [2.05, 4.69) is 10.6 Å². The van der Waals surface area contributed by atoms with Crippen LogP contribution in [0.3, 0.4) is 0 Å². The molecular formula is C16H19N3O3. The van der Waals surface area contributed by atoms with Gasteiger partial charge in [0.2, 0.25) is 11.8 Å². The Balaban J connectivity index is 1.52. The summed E-state index contributed by atoms with van der Waals surface area (Å²) < 4.78 is 0. The zero-order valence-electron chi connectivity index (χ0n) is 12.3. The van der Waals surface area contributed by atoms with Crippen LogP contribution >= 0.6 is 0 Å². The molecular weight excluding hydrogens is 282 g/mol. The minimum atomic E-state index is -0.367. The number of carbonyl (C=O) groups is 3. The second kappa shape index (κ2) is 5.79. The van der Waals surface area contributed by atoms with E-state index in [4.69, 9.17) is 0 Å². The van der Waals surface area contributed by atoms with E-state index in [1.54, 1.807) is 0 Å². The molecule has 0 aromatic heterocycles. The SMILES string of the molecule is O=C(NCCC12CCC(=O)N1C(=O)CC2)Nc1ccccc1. The third kappa shape index (κ3) is 2.68. The van der Waals surface area contributed by atoms with Gasteiger partial charge in [0.05, 0.1) is 5.54 Å². The maximum Gasteiger partial charge on any atom is 0.319 e. The molecule has 0 radical (unpaired) electrons. The number of carbonyl (C=O) groups excluding carboxylic acids is 3. The van der Waals surface area contributed by atoms with E-state index in [-0.39, 0.29) is 23.4 Å². The summed E-state index contributed by atoms with van der Waals surface area (Å²) in [6.45, 7) is 0.440. The zero-order chi connectivity index (χ0) is 15.6. The van der Waals surface area contributed by atoms with Crippen molar-refractivity contribution in [1.82, 2.24) is 10.2 Å². The van der Waals surface area contributed by atoms with Crippen LogP contribution < -0.4 is 10.6 Å². The quantitative estimate of drug-likeness (QED) is 0.833. The highest BCUT2D eigenvalue weighted by Crippen LogP contribution is 2.42. The first-order valence-electron chi connectivity index (χ1n) is 7.57. The molecule has 6 nitrogen and oxygen atoms in total. The first kappa shape index (κ1) is 14.6. The fraction of sp³-hybridized carbons (Fsp3) is 0.438. The van der Waals surface area contributed by atoms with Gasteiger partial charge in [0.25, 0.3) is 0 Å². The molecule has 3 rings (SSSR count). The standard InChI is InChI=1S/C16H19N3O3/c20-13-6-8-16(9-7-14(21)19(13)16)10-11-17-15(22)18-12-4-2-1-3-5-12/h1-5H,6-11H2,(H2,17,18,22). The Labute approximate surface area is 128 Å². The second-order valence-corrected chi connectivity index (χ2v) is 5.84. The minimum Gasteiger partial charge on any atom is -0.338 e. The van der Waals surface area contributed by atoms with Crippen LogP contribution in [0.5, 0.6) is 0 Å². The first-order chi connectivity index (χ1) is 10.6. The lowest BCUT2D eigenvalue weighted by Gasteiger charge is -2.30. The van der Waals surface area contributed by atoms with Crippen molar-refractivity contribution in [3.63, 3.8) is 0 Å². The van der Waals surface area contributed by atoms with Crippen LogP contribution in [0.25, 0.3) is 0 Å². The summed E-state index contributed by atoms with van der Waals surface area (Å²) in [5, 5.41) is 5.54. The number of hydrogen-bond acceptors (Lipinski definition) is 3. The maximum absolute atomic E-state index is 11.8. The summed E-state index contributed by atoms with van der Waals surface area (Å²) in [7, 11) is 0. The second-order valence-electron chi connectivity index (χ2n) is 5.84. The molecule has 0 saturated carbocycles. The van der Waals surface area contributed by atoms with Gasteiger partial charge in [0.15, 0.2) is 0 Å². The third-order valence-corrected chi connectivity index (χ3v) is 4.49. The normalized spacial score (nSPS) is 19.2. The summed E-state index contributed by atoms with van der Waals surface area (Å²) in [4.78, 5) is 36.9. The molecule has 0 spiro atoms. The van der Waals surface area contributed by atoms with Gasteiger partial charge < -0.3 is 10.6 Å². The van der Waals surface area contributed by atoms with Gasteiger partial charge in [0, 0.05) is 25.1 Å². The van der Waals surface area contributed by atoms with Crippen LogP contribution in [-0.4, -0.2) is 34.8 Å². The molecule has 1 aromatic rings. The van der Waals surface area contributed by atoms with Gasteiger partial charge in [0.1, 0.15) is 0 Å². The molecule has 116 valence electrons. The predicted molar refractivity (Wildman–Crippen MR) is 81.1 cm³/mol. The molecule has 0 aliphatic carbocycles. The number of nitrogens with zero attached hydrogens (tertiary/aromatic N) is 1. The average Bonchev–Trinajstić information content (AvgIpc) is 3.00. The molecule has 0 unspecified atom stereocenters. The molecule has 2 heterocycles. The smallest absolute Gasteiger partial charge is 0.319 e. The molecule has 0 bridgehead atoms. The molecule has 2 saturated heterocycles. The number of urea groups is 1. The molecule has 2 aliphatic heterocycles. The fourth-order valence-corrected chi connectivity index (χ4v) is 3.39. The topological polar surface area (TPSA) is 78.5 Å². The summed E-state index contributed by atoms with van der Waals surface area (Å²) in [6, 6.07) is 8.92. The Bertz CT molecular complexity index is 580. The van der Waals surface area contributed by atoms with Crippen molar-refractivity contribution in [1.29, 1.82) is 0 Å². The van der Waals surface area contributed by atoms with E-state index in [0.29, 0.717) is 38.6 Å². The number of para-hydroxylation sites is 1. The van der Waals surface area contributed by atoms with Gasteiger partial charge in [-0.3, -0.25) is 14.5 Å². The number of benzene rings is 1. The zero-order valence-corrected chi connectivity index (χ0v) is 12.3. The van der Waals surface area contributed by atoms with Crippen molar-refractivity contribution in [2.75, 3.05) is 11.9 Å². The van der Waals surface area contributed by atoms with Crippen molar-refractivity contribution in [2.24, 2.45) is 0 Å². The number of anilines is 1. The number of amides is 4. The van der Waals surface area contributed by atoms with Crippen molar-refractivity contribution in [3.8, 4) is 0 Å². The van der Waals surface area contributed by atoms with Gasteiger partial charge in [-0.05, 0) is 31.4 Å². The number of imide groups is 1. The average molecular weight is 301 g/mol. The van der Waals surface area contributed by atoms with E-state index in [9.17, 15) is 14.4 Å². The van der Waals surface area contributed by atoms with Crippen molar-refractivity contribution in [3.05, 3.63) is 30.3 Å². The van der Waals surface area contributed by atoms with Crippen LogP contribution in [-0.2, 0) is 9.59 Å². The van der Waals surface area contributed by atoms with Gasteiger partial charge in [-0.15, -0.1) is 0 Å². The Morgan fingerprint density at radius 3 is 2.36 bits per heavy atom. The highest BCUT2D eigenvalue weighted by molar-refractivity contribution is 5.99. The van der Waals surface area contributed by atoms with Crippen LogP contribution in [0.15, 0.2) is 30.3 Å². The molecule has 2 aliphatic rings. The summed E-state index contributed by atoms with van der Waals surface area (Å²) in [5.74, 6) is -0.146. The summed E-state index contributed by atoms with van der Waals surface area (Å²) >= 11 is 0. The van der Waals surface area contributed by atoms with Crippen molar-refractivity contribution < 1.29 is 14.4 Å². The van der Waals surface area contributed by atoms with E-state index in [1.807, 2.05) is 30.3 Å². The van der Waals surface area contributed by atoms with Crippen molar-refractivity contribution in [2.45, 2.75) is 37.6 Å². The number of fused-ring (bicyclic) bond motifs is 1. The lowest BCUT2D eigenvalue weighted by Crippen LogP contribution is -2.45. The number of hydrogen-bond donors (Lipinski definition) is 2. The Morgan fingerprint density at radius 1 is 1.09 bits per heavy atom. The van der Waals surface area contributed by atoms with Gasteiger partial charge >= 0.3 is 6.03 Å². The Hall–Kier alpha value is -2.37. The van der Waals surface area contributed by atoms with E-state index in [0.717, 1.165) is 5.69 Å². The van der Waals surface area contributed by atoms with Gasteiger partial charge in [-0.1, -0.05) is 18.2 Å². The Morgan fingerprint density at radius 2 is 1.73 bits per heavy atom. The Kier molecular flexibility index (Phi) is 3.83. The summed E-state index contributed by atoms with van der Waals surface area (Å²) in [6.07, 6.45) is 2.90. The summed E-state index contributed by atoms with van der Waals surface area (Å²) in [5.41, 5.74) is 0.362. The lowest BCUT2D eigenvalue weighted by atomic mass is 9.90. The third-order valence-electron chi connectivity index (χ3n) is 4.49. The molecule has 4 amide bonds. The molecule has 22 heavy (non-hydrogen) atoms. The van der Waals surface area contributed by atoms with Crippen LogP contribution in [0.1, 0.15) is 32.1 Å². The minimum absolute atomic E-state index is 0.0729. The van der Waals surface area contributed by atoms with E-state index < -0.39 is 0 Å². The molecule has 2 N–H and O–H groups in total. The maximum atomic E-state index is 11.8. The highest BCUT2D eigenvalue weighted by atomic mass is 16.2. The highest BCUT2D eigenvalue weighted by Gasteiger charge is 2.52. The van der Waals surface area contributed by atoms with E-state index in [1.165, 1.54) is 4.90 Å². The van der Waals surface area contributed by atoms with Crippen molar-refractivity contribution >= 4 is 23.5 Å². The van der Waals surface area contributed by atoms with Gasteiger partial charge in [-0.2, -0.15) is 0 Å². The van der Waals surface area contributed by atoms with E-state index >= 15 is 0 Å². The lowest BCUT2D eigenvalue weighted by molar-refractivity contribution is -0.142. The molecule has 1 aromatic carbocycles. The van der Waals surface area contributed by atoms with Crippen LogP contribution in [0, 0.1) is 0 Å². The van der Waals surface area contributed by atoms with Gasteiger partial charge in [-0.25, -0.2) is 4.79 Å². The molecule has 6 heteroatoms. The number of rotatable bonds is 4. The monoisotopic (exact) mass is 301 g/mol. The first-order valence-corrected chi connectivity index (χ1v) is 7.57.